The lowest BCUT2D eigenvalue weighted by Gasteiger charge is -2.26. The van der Waals surface area contributed by atoms with E-state index in [1.54, 1.807) is 11.0 Å². The first-order valence-electron chi connectivity index (χ1n) is 9.76. The molecule has 1 atom stereocenters. The summed E-state index contributed by atoms with van der Waals surface area (Å²) in [5.74, 6) is 0.0718. The SMILES string of the molecule is CC(=O)Oc1cccc(CCC(C)C(=O)N(c2ccccc2)c2ccccc2)c1. The maximum Gasteiger partial charge on any atom is 0.308 e. The van der Waals surface area contributed by atoms with E-state index in [2.05, 4.69) is 0 Å². The highest BCUT2D eigenvalue weighted by Gasteiger charge is 2.23. The number of nitrogens with zero attached hydrogens (tertiary/aromatic N) is 1. The number of anilines is 2. The average molecular weight is 387 g/mol. The van der Waals surface area contributed by atoms with Crippen molar-refractivity contribution in [1.82, 2.24) is 0 Å². The predicted molar refractivity (Wildman–Crippen MR) is 115 cm³/mol. The van der Waals surface area contributed by atoms with Gasteiger partial charge < -0.3 is 4.74 Å². The van der Waals surface area contributed by atoms with Gasteiger partial charge in [-0.3, -0.25) is 14.5 Å². The number of carbonyl (C=O) groups is 2. The smallest absolute Gasteiger partial charge is 0.308 e. The van der Waals surface area contributed by atoms with Gasteiger partial charge in [-0.1, -0.05) is 55.5 Å². The van der Waals surface area contributed by atoms with Gasteiger partial charge in [0.1, 0.15) is 5.75 Å². The van der Waals surface area contributed by atoms with Gasteiger partial charge in [0.05, 0.1) is 0 Å². The lowest BCUT2D eigenvalue weighted by atomic mass is 9.99. The first-order chi connectivity index (χ1) is 14.0. The van der Waals surface area contributed by atoms with E-state index in [1.807, 2.05) is 85.8 Å². The minimum atomic E-state index is -0.341. The van der Waals surface area contributed by atoms with E-state index in [1.165, 1.54) is 6.92 Å². The Kier molecular flexibility index (Phi) is 6.80. The molecular weight excluding hydrogens is 362 g/mol. The van der Waals surface area contributed by atoms with Crippen molar-refractivity contribution in [2.45, 2.75) is 26.7 Å². The van der Waals surface area contributed by atoms with Gasteiger partial charge in [-0.2, -0.15) is 0 Å². The third-order valence-corrected chi connectivity index (χ3v) is 4.70. The summed E-state index contributed by atoms with van der Waals surface area (Å²) in [7, 11) is 0. The van der Waals surface area contributed by atoms with Gasteiger partial charge in [-0.25, -0.2) is 0 Å². The zero-order valence-corrected chi connectivity index (χ0v) is 16.7. The maximum atomic E-state index is 13.3. The van der Waals surface area contributed by atoms with E-state index >= 15 is 0 Å². The highest BCUT2D eigenvalue weighted by atomic mass is 16.5. The number of carbonyl (C=O) groups excluding carboxylic acids is 2. The number of hydrogen-bond donors (Lipinski definition) is 0. The first kappa shape index (κ1) is 20.3. The van der Waals surface area contributed by atoms with Crippen molar-refractivity contribution in [2.24, 2.45) is 5.92 Å². The molecule has 4 nitrogen and oxygen atoms in total. The molecule has 4 heteroatoms. The topological polar surface area (TPSA) is 46.6 Å². The number of aryl methyl sites for hydroxylation is 1. The lowest BCUT2D eigenvalue weighted by Crippen LogP contribution is -2.31. The number of para-hydroxylation sites is 2. The number of ether oxygens (including phenoxy) is 1. The molecule has 0 spiro atoms. The molecule has 0 saturated carbocycles. The maximum absolute atomic E-state index is 13.3. The molecule has 0 fully saturated rings. The second-order valence-corrected chi connectivity index (χ2v) is 7.03. The van der Waals surface area contributed by atoms with E-state index < -0.39 is 0 Å². The summed E-state index contributed by atoms with van der Waals surface area (Å²) in [6, 6.07) is 26.8. The Bertz CT molecular complexity index is 915. The highest BCUT2D eigenvalue weighted by molar-refractivity contribution is 6.01. The van der Waals surface area contributed by atoms with Crippen molar-refractivity contribution in [3.63, 3.8) is 0 Å². The molecule has 1 amide bonds. The van der Waals surface area contributed by atoms with Gasteiger partial charge >= 0.3 is 5.97 Å². The third-order valence-electron chi connectivity index (χ3n) is 4.70. The van der Waals surface area contributed by atoms with Crippen LogP contribution in [0.25, 0.3) is 0 Å². The van der Waals surface area contributed by atoms with Gasteiger partial charge in [-0.05, 0) is 54.8 Å². The minimum Gasteiger partial charge on any atom is -0.427 e. The number of amides is 1. The van der Waals surface area contributed by atoms with E-state index in [4.69, 9.17) is 4.74 Å². The monoisotopic (exact) mass is 387 g/mol. The fourth-order valence-electron chi connectivity index (χ4n) is 3.22. The molecule has 3 aromatic carbocycles. The van der Waals surface area contributed by atoms with Gasteiger partial charge in [0.25, 0.3) is 0 Å². The van der Waals surface area contributed by atoms with Crippen molar-refractivity contribution < 1.29 is 14.3 Å². The van der Waals surface area contributed by atoms with Crippen LogP contribution in [0, 0.1) is 5.92 Å². The molecule has 3 aromatic rings. The van der Waals surface area contributed by atoms with Crippen LogP contribution in [0.2, 0.25) is 0 Å². The van der Waals surface area contributed by atoms with E-state index in [-0.39, 0.29) is 17.8 Å². The Labute approximate surface area is 171 Å². The zero-order valence-electron chi connectivity index (χ0n) is 16.7. The van der Waals surface area contributed by atoms with E-state index in [9.17, 15) is 9.59 Å². The molecule has 0 radical (unpaired) electrons. The zero-order chi connectivity index (χ0) is 20.6. The quantitative estimate of drug-likeness (QED) is 0.395. The van der Waals surface area contributed by atoms with Crippen molar-refractivity contribution in [2.75, 3.05) is 4.90 Å². The Morgan fingerprint density at radius 1 is 0.862 bits per heavy atom. The first-order valence-corrected chi connectivity index (χ1v) is 9.76. The van der Waals surface area contributed by atoms with Crippen LogP contribution in [-0.2, 0) is 16.0 Å². The molecular formula is C25H25NO3. The number of benzene rings is 3. The molecule has 29 heavy (non-hydrogen) atoms. The number of hydrogen-bond acceptors (Lipinski definition) is 3. The number of rotatable bonds is 7. The second kappa shape index (κ2) is 9.69. The molecule has 148 valence electrons. The van der Waals surface area contributed by atoms with Crippen molar-refractivity contribution >= 4 is 23.3 Å². The molecule has 1 unspecified atom stereocenters. The van der Waals surface area contributed by atoms with E-state index in [0.29, 0.717) is 12.2 Å². The molecule has 0 bridgehead atoms. The highest BCUT2D eigenvalue weighted by Crippen LogP contribution is 2.28. The summed E-state index contributed by atoms with van der Waals surface area (Å²) in [5, 5.41) is 0. The van der Waals surface area contributed by atoms with Crippen LogP contribution in [0.3, 0.4) is 0 Å². The Morgan fingerprint density at radius 3 is 2.00 bits per heavy atom. The third kappa shape index (κ3) is 5.55. The molecule has 0 heterocycles. The summed E-state index contributed by atoms with van der Waals surface area (Å²) < 4.78 is 5.15. The Balaban J connectivity index is 1.74. The van der Waals surface area contributed by atoms with Crippen molar-refractivity contribution in [1.29, 1.82) is 0 Å². The standard InChI is InChI=1S/C25H25NO3/c1-19(16-17-21-10-9-15-24(18-21)29-20(2)27)25(28)26(22-11-5-3-6-12-22)23-13-7-4-8-14-23/h3-15,18-19H,16-17H2,1-2H3. The minimum absolute atomic E-state index is 0.0542. The molecule has 0 aliphatic heterocycles. The molecule has 0 N–H and O–H groups in total. The van der Waals surface area contributed by atoms with Gasteiger partial charge in [0.15, 0.2) is 0 Å². The van der Waals surface area contributed by atoms with Crippen molar-refractivity contribution in [3.8, 4) is 5.75 Å². The number of esters is 1. The normalized spacial score (nSPS) is 11.5. The molecule has 0 saturated heterocycles. The van der Waals surface area contributed by atoms with E-state index in [0.717, 1.165) is 23.4 Å². The Hall–Kier alpha value is -3.40. The lowest BCUT2D eigenvalue weighted by molar-refractivity contribution is -0.131. The van der Waals surface area contributed by atoms with Gasteiger partial charge in [0.2, 0.25) is 5.91 Å². The average Bonchev–Trinajstić information content (AvgIpc) is 2.73. The molecule has 3 rings (SSSR count). The van der Waals surface area contributed by atoms with Crippen LogP contribution in [0.5, 0.6) is 5.75 Å². The second-order valence-electron chi connectivity index (χ2n) is 7.03. The largest absolute Gasteiger partial charge is 0.427 e. The van der Waals surface area contributed by atoms with Gasteiger partial charge in [-0.15, -0.1) is 0 Å². The van der Waals surface area contributed by atoms with Crippen LogP contribution in [0.4, 0.5) is 11.4 Å². The Morgan fingerprint density at radius 2 is 1.45 bits per heavy atom. The predicted octanol–water partition coefficient (Wildman–Crippen LogP) is 5.55. The molecule has 0 aliphatic rings. The van der Waals surface area contributed by atoms with Crippen molar-refractivity contribution in [3.05, 3.63) is 90.5 Å². The summed E-state index contributed by atoms with van der Waals surface area (Å²) in [4.78, 5) is 26.3. The van der Waals surface area contributed by atoms with Crippen LogP contribution >= 0.6 is 0 Å². The fourth-order valence-corrected chi connectivity index (χ4v) is 3.22. The summed E-state index contributed by atoms with van der Waals surface area (Å²) in [6.07, 6.45) is 1.41. The summed E-state index contributed by atoms with van der Waals surface area (Å²) >= 11 is 0. The van der Waals surface area contributed by atoms with Crippen LogP contribution in [0.1, 0.15) is 25.8 Å². The van der Waals surface area contributed by atoms with Gasteiger partial charge in [0, 0.05) is 24.2 Å². The van der Waals surface area contributed by atoms with Crippen LogP contribution in [-0.4, -0.2) is 11.9 Å². The fraction of sp³-hybridized carbons (Fsp3) is 0.200. The van der Waals surface area contributed by atoms with Crippen LogP contribution in [0.15, 0.2) is 84.9 Å². The van der Waals surface area contributed by atoms with Crippen LogP contribution < -0.4 is 9.64 Å². The summed E-state index contributed by atoms with van der Waals surface area (Å²) in [6.45, 7) is 3.34. The summed E-state index contributed by atoms with van der Waals surface area (Å²) in [5.41, 5.74) is 2.74. The molecule has 0 aliphatic carbocycles. The molecule has 0 aromatic heterocycles.